The Hall–Kier alpha value is -7.36. The standard InChI is InChI=1S/C52H33N3/c1-2-16-40(17-3-1)55-49-27-26-37(32-45(49)46-33-53-29-28-50(46)55)48-23-11-22-47(54-48)36-14-10-15-38(31-36)51-41-18-6-8-20-43(41)52(44-21-9-7-19-42(44)51)39-25-24-34-12-4-5-13-35(34)30-39/h1-33H. The lowest BCUT2D eigenvalue weighted by atomic mass is 9.85. The smallest absolute Gasteiger partial charge is 0.0709 e. The molecular formula is C52H33N3. The van der Waals surface area contributed by atoms with Gasteiger partial charge in [-0.1, -0.05) is 133 Å². The molecule has 8 aromatic carbocycles. The van der Waals surface area contributed by atoms with Gasteiger partial charge in [-0.15, -0.1) is 0 Å². The maximum atomic E-state index is 5.28. The Morgan fingerprint density at radius 2 is 0.909 bits per heavy atom. The van der Waals surface area contributed by atoms with Crippen molar-refractivity contribution >= 4 is 54.1 Å². The number of pyridine rings is 2. The van der Waals surface area contributed by atoms with Gasteiger partial charge in [-0.3, -0.25) is 4.98 Å². The van der Waals surface area contributed by atoms with Gasteiger partial charge in [0, 0.05) is 40.0 Å². The second kappa shape index (κ2) is 12.6. The van der Waals surface area contributed by atoms with Crippen LogP contribution in [0.25, 0.3) is 105 Å². The van der Waals surface area contributed by atoms with Gasteiger partial charge in [-0.2, -0.15) is 0 Å². The van der Waals surface area contributed by atoms with Crippen molar-refractivity contribution in [3.8, 4) is 50.5 Å². The lowest BCUT2D eigenvalue weighted by molar-refractivity contribution is 1.17. The summed E-state index contributed by atoms with van der Waals surface area (Å²) in [5.74, 6) is 0. The van der Waals surface area contributed by atoms with E-state index < -0.39 is 0 Å². The molecular weight excluding hydrogens is 667 g/mol. The van der Waals surface area contributed by atoms with E-state index in [0.29, 0.717) is 0 Å². The number of benzene rings is 8. The number of hydrogen-bond acceptors (Lipinski definition) is 2. The van der Waals surface area contributed by atoms with E-state index in [0.717, 1.165) is 50.0 Å². The molecule has 11 aromatic rings. The second-order valence-electron chi connectivity index (χ2n) is 14.2. The monoisotopic (exact) mass is 699 g/mol. The number of hydrogen-bond donors (Lipinski definition) is 0. The SMILES string of the molecule is c1ccc(-n2c3ccncc3c3cc(-c4cccc(-c5cccc(-c6c7ccccc7c(-c7ccc8ccccc8c7)c7ccccc67)c5)n4)ccc32)cc1. The van der Waals surface area contributed by atoms with Crippen LogP contribution in [0.1, 0.15) is 0 Å². The van der Waals surface area contributed by atoms with Gasteiger partial charge in [0.2, 0.25) is 0 Å². The van der Waals surface area contributed by atoms with Gasteiger partial charge in [0.15, 0.2) is 0 Å². The minimum atomic E-state index is 0.935. The summed E-state index contributed by atoms with van der Waals surface area (Å²) >= 11 is 0. The van der Waals surface area contributed by atoms with Crippen LogP contribution in [0.15, 0.2) is 200 Å². The van der Waals surface area contributed by atoms with Crippen LogP contribution < -0.4 is 0 Å². The van der Waals surface area contributed by atoms with E-state index in [1.807, 2.05) is 12.4 Å². The zero-order valence-electron chi connectivity index (χ0n) is 29.9. The summed E-state index contributed by atoms with van der Waals surface area (Å²) < 4.78 is 2.31. The molecule has 0 aliphatic heterocycles. The molecule has 0 N–H and O–H groups in total. The Balaban J connectivity index is 1.04. The van der Waals surface area contributed by atoms with E-state index in [-0.39, 0.29) is 0 Å². The van der Waals surface area contributed by atoms with Crippen molar-refractivity contribution in [3.05, 3.63) is 200 Å². The Bertz CT molecular complexity index is 3210. The first-order chi connectivity index (χ1) is 27.3. The Kier molecular flexibility index (Phi) is 7.17. The summed E-state index contributed by atoms with van der Waals surface area (Å²) in [4.78, 5) is 9.78. The van der Waals surface area contributed by atoms with Crippen molar-refractivity contribution in [1.82, 2.24) is 14.5 Å². The molecule has 3 nitrogen and oxygen atoms in total. The lowest BCUT2D eigenvalue weighted by Gasteiger charge is -2.18. The third-order valence-corrected chi connectivity index (χ3v) is 11.0. The summed E-state index contributed by atoms with van der Waals surface area (Å²) in [5, 5.41) is 9.74. The predicted octanol–water partition coefficient (Wildman–Crippen LogP) is 13.7. The van der Waals surface area contributed by atoms with E-state index in [9.17, 15) is 0 Å². The van der Waals surface area contributed by atoms with Crippen LogP contribution in [0.2, 0.25) is 0 Å². The summed E-state index contributed by atoms with van der Waals surface area (Å²) in [7, 11) is 0. The van der Waals surface area contributed by atoms with Crippen molar-refractivity contribution in [2.45, 2.75) is 0 Å². The first-order valence-electron chi connectivity index (χ1n) is 18.7. The molecule has 55 heavy (non-hydrogen) atoms. The molecule has 0 spiro atoms. The molecule has 0 aliphatic rings. The van der Waals surface area contributed by atoms with Crippen LogP contribution in [0.5, 0.6) is 0 Å². The number of fused-ring (bicyclic) bond motifs is 6. The van der Waals surface area contributed by atoms with E-state index in [1.165, 1.54) is 54.6 Å². The van der Waals surface area contributed by atoms with Crippen molar-refractivity contribution in [3.63, 3.8) is 0 Å². The number of nitrogens with zero attached hydrogens (tertiary/aromatic N) is 3. The van der Waals surface area contributed by atoms with Crippen molar-refractivity contribution < 1.29 is 0 Å². The molecule has 0 aliphatic carbocycles. The molecule has 3 heteroatoms. The minimum Gasteiger partial charge on any atom is -0.309 e. The molecule has 0 atom stereocenters. The summed E-state index contributed by atoms with van der Waals surface area (Å²) in [6, 6.07) is 67.6. The van der Waals surface area contributed by atoms with Gasteiger partial charge in [0.1, 0.15) is 0 Å². The summed E-state index contributed by atoms with van der Waals surface area (Å²) in [5.41, 5.74) is 12.3. The number of aromatic nitrogens is 3. The van der Waals surface area contributed by atoms with Crippen LogP contribution in [0, 0.1) is 0 Å². The quantitative estimate of drug-likeness (QED) is 0.167. The maximum absolute atomic E-state index is 5.28. The normalized spacial score (nSPS) is 11.6. The molecule has 0 unspecified atom stereocenters. The fourth-order valence-corrected chi connectivity index (χ4v) is 8.57. The fourth-order valence-electron chi connectivity index (χ4n) is 8.57. The van der Waals surface area contributed by atoms with Crippen LogP contribution >= 0.6 is 0 Å². The van der Waals surface area contributed by atoms with E-state index in [4.69, 9.17) is 4.98 Å². The Labute approximate surface area is 318 Å². The van der Waals surface area contributed by atoms with E-state index >= 15 is 0 Å². The molecule has 0 saturated carbocycles. The molecule has 11 rings (SSSR count). The van der Waals surface area contributed by atoms with Crippen LogP contribution in [0.3, 0.4) is 0 Å². The highest BCUT2D eigenvalue weighted by Gasteiger charge is 2.18. The fraction of sp³-hybridized carbons (Fsp3) is 0. The Morgan fingerprint density at radius 3 is 1.64 bits per heavy atom. The highest BCUT2D eigenvalue weighted by atomic mass is 15.0. The zero-order chi connectivity index (χ0) is 36.3. The predicted molar refractivity (Wildman–Crippen MR) is 231 cm³/mol. The Morgan fingerprint density at radius 1 is 0.345 bits per heavy atom. The third kappa shape index (κ3) is 5.13. The van der Waals surface area contributed by atoms with Crippen LogP contribution in [-0.2, 0) is 0 Å². The third-order valence-electron chi connectivity index (χ3n) is 11.0. The number of para-hydroxylation sites is 1. The van der Waals surface area contributed by atoms with Gasteiger partial charge in [0.25, 0.3) is 0 Å². The topological polar surface area (TPSA) is 30.7 Å². The molecule has 256 valence electrons. The molecule has 3 heterocycles. The van der Waals surface area contributed by atoms with Gasteiger partial charge < -0.3 is 4.57 Å². The lowest BCUT2D eigenvalue weighted by Crippen LogP contribution is -1.93. The minimum absolute atomic E-state index is 0.935. The van der Waals surface area contributed by atoms with Gasteiger partial charge >= 0.3 is 0 Å². The molecule has 0 amide bonds. The van der Waals surface area contributed by atoms with Gasteiger partial charge in [-0.05, 0) is 109 Å². The largest absolute Gasteiger partial charge is 0.309 e. The summed E-state index contributed by atoms with van der Waals surface area (Å²) in [6.07, 6.45) is 3.84. The zero-order valence-corrected chi connectivity index (χ0v) is 29.9. The molecule has 0 fully saturated rings. The highest BCUT2D eigenvalue weighted by molar-refractivity contribution is 6.22. The van der Waals surface area contributed by atoms with Crippen molar-refractivity contribution in [2.24, 2.45) is 0 Å². The van der Waals surface area contributed by atoms with Crippen LogP contribution in [-0.4, -0.2) is 14.5 Å². The molecule has 0 radical (unpaired) electrons. The first-order valence-corrected chi connectivity index (χ1v) is 18.7. The molecule has 3 aromatic heterocycles. The van der Waals surface area contributed by atoms with Crippen molar-refractivity contribution in [2.75, 3.05) is 0 Å². The van der Waals surface area contributed by atoms with Crippen molar-refractivity contribution in [1.29, 1.82) is 0 Å². The highest BCUT2D eigenvalue weighted by Crippen LogP contribution is 2.45. The summed E-state index contributed by atoms with van der Waals surface area (Å²) in [6.45, 7) is 0. The first kappa shape index (κ1) is 31.2. The second-order valence-corrected chi connectivity index (χ2v) is 14.2. The maximum Gasteiger partial charge on any atom is 0.0709 e. The molecule has 0 bridgehead atoms. The average Bonchev–Trinajstić information content (AvgIpc) is 3.59. The van der Waals surface area contributed by atoms with E-state index in [2.05, 4.69) is 198 Å². The number of rotatable bonds is 5. The van der Waals surface area contributed by atoms with Gasteiger partial charge in [-0.25, -0.2) is 4.98 Å². The average molecular weight is 700 g/mol. The van der Waals surface area contributed by atoms with Crippen LogP contribution in [0.4, 0.5) is 0 Å². The van der Waals surface area contributed by atoms with E-state index in [1.54, 1.807) is 0 Å². The van der Waals surface area contributed by atoms with Gasteiger partial charge in [0.05, 0.1) is 22.4 Å². The molecule has 0 saturated heterocycles.